The molecule has 2 amide bonds. The minimum atomic E-state index is -0.541. The lowest BCUT2D eigenvalue weighted by Crippen LogP contribution is -2.50. The van der Waals surface area contributed by atoms with Gasteiger partial charge in [-0.25, -0.2) is 9.18 Å². The van der Waals surface area contributed by atoms with Crippen LogP contribution in [-0.4, -0.2) is 71.8 Å². The molecular weight excluding hydrogens is 439 g/mol. The topological polar surface area (TPSA) is 79.1 Å². The van der Waals surface area contributed by atoms with E-state index in [0.29, 0.717) is 25.9 Å². The van der Waals surface area contributed by atoms with Crippen LogP contribution < -0.4 is 4.90 Å². The summed E-state index contributed by atoms with van der Waals surface area (Å²) in [7, 11) is 3.67. The Morgan fingerprint density at radius 2 is 1.74 bits per heavy atom. The van der Waals surface area contributed by atoms with Gasteiger partial charge < -0.3 is 24.0 Å². The Kier molecular flexibility index (Phi) is 6.55. The molecule has 2 aromatic rings. The number of nitrogens with zero attached hydrogens (tertiary/aromatic N) is 4. The van der Waals surface area contributed by atoms with Crippen molar-refractivity contribution in [1.29, 1.82) is 0 Å². The van der Waals surface area contributed by atoms with Crippen LogP contribution in [0.4, 0.5) is 14.9 Å². The number of hydrogen-bond acceptors (Lipinski definition) is 6. The molecule has 34 heavy (non-hydrogen) atoms. The summed E-state index contributed by atoms with van der Waals surface area (Å²) < 4.78 is 25.5. The maximum absolute atomic E-state index is 14.6. The Morgan fingerprint density at radius 1 is 1.09 bits per heavy atom. The monoisotopic (exact) mass is 472 g/mol. The van der Waals surface area contributed by atoms with Crippen LogP contribution in [0.15, 0.2) is 28.8 Å². The fourth-order valence-corrected chi connectivity index (χ4v) is 4.25. The first-order valence-corrected chi connectivity index (χ1v) is 11.8. The molecule has 0 spiro atoms. The van der Waals surface area contributed by atoms with Gasteiger partial charge in [-0.15, -0.1) is 0 Å². The second-order valence-electron chi connectivity index (χ2n) is 10.3. The van der Waals surface area contributed by atoms with Gasteiger partial charge in [0.05, 0.1) is 5.56 Å². The van der Waals surface area contributed by atoms with Crippen LogP contribution in [0.1, 0.15) is 56.9 Å². The average Bonchev–Trinajstić information content (AvgIpc) is 3.47. The number of benzene rings is 1. The standard InChI is InChI=1S/C25H33FN4O4/c1-25(2,3)33-24(32)29-12-10-17(11-13-29)30(16-6-7-16)23(31)21-15-22(34-27-21)19-9-8-18(28(4)5)14-20(19)26/h8-9,14-17H,6-7,10-13H2,1-5H3. The molecule has 0 bridgehead atoms. The van der Waals surface area contributed by atoms with Gasteiger partial charge in [-0.2, -0.15) is 0 Å². The van der Waals surface area contributed by atoms with Gasteiger partial charge in [-0.05, 0) is 64.7 Å². The molecule has 2 heterocycles. The third kappa shape index (κ3) is 5.34. The predicted octanol–water partition coefficient (Wildman–Crippen LogP) is 4.55. The Morgan fingerprint density at radius 3 is 2.29 bits per heavy atom. The zero-order valence-corrected chi connectivity index (χ0v) is 20.5. The van der Waals surface area contributed by atoms with Gasteiger partial charge in [0.1, 0.15) is 11.4 Å². The van der Waals surface area contributed by atoms with E-state index in [1.807, 2.05) is 44.7 Å². The third-order valence-corrected chi connectivity index (χ3v) is 6.15. The highest BCUT2D eigenvalue weighted by molar-refractivity contribution is 5.94. The molecule has 0 radical (unpaired) electrons. The molecule has 1 saturated carbocycles. The van der Waals surface area contributed by atoms with Crippen molar-refractivity contribution >= 4 is 17.7 Å². The zero-order valence-electron chi connectivity index (χ0n) is 20.5. The van der Waals surface area contributed by atoms with E-state index in [1.54, 1.807) is 17.0 Å². The van der Waals surface area contributed by atoms with E-state index in [9.17, 15) is 14.0 Å². The van der Waals surface area contributed by atoms with E-state index in [0.717, 1.165) is 18.5 Å². The van der Waals surface area contributed by atoms with Crippen LogP contribution in [0, 0.1) is 5.82 Å². The number of hydrogen-bond donors (Lipinski definition) is 0. The minimum Gasteiger partial charge on any atom is -0.444 e. The highest BCUT2D eigenvalue weighted by Crippen LogP contribution is 2.34. The maximum Gasteiger partial charge on any atom is 0.410 e. The summed E-state index contributed by atoms with van der Waals surface area (Å²) in [6.45, 7) is 6.60. The summed E-state index contributed by atoms with van der Waals surface area (Å²) in [4.78, 5) is 31.2. The van der Waals surface area contributed by atoms with Crippen molar-refractivity contribution in [2.75, 3.05) is 32.1 Å². The average molecular weight is 473 g/mol. The van der Waals surface area contributed by atoms with Gasteiger partial charge >= 0.3 is 6.09 Å². The Hall–Kier alpha value is -3.10. The molecule has 0 unspecified atom stereocenters. The van der Waals surface area contributed by atoms with Crippen molar-refractivity contribution in [3.63, 3.8) is 0 Å². The number of anilines is 1. The van der Waals surface area contributed by atoms with Gasteiger partial charge in [-0.3, -0.25) is 4.79 Å². The second-order valence-corrected chi connectivity index (χ2v) is 10.3. The van der Waals surface area contributed by atoms with Gasteiger partial charge in [0.15, 0.2) is 11.5 Å². The van der Waals surface area contributed by atoms with E-state index in [1.165, 1.54) is 12.1 Å². The first kappa shape index (κ1) is 24.0. The lowest BCUT2D eigenvalue weighted by Gasteiger charge is -2.38. The molecular formula is C25H33FN4O4. The van der Waals surface area contributed by atoms with Crippen molar-refractivity contribution < 1.29 is 23.2 Å². The molecule has 1 aliphatic carbocycles. The van der Waals surface area contributed by atoms with E-state index >= 15 is 0 Å². The SMILES string of the molecule is CN(C)c1ccc(-c2cc(C(=O)N(C3CC3)C3CCN(C(=O)OC(C)(C)C)CC3)no2)c(F)c1. The summed E-state index contributed by atoms with van der Waals surface area (Å²) >= 11 is 0. The van der Waals surface area contributed by atoms with Crippen LogP contribution in [-0.2, 0) is 4.74 Å². The molecule has 1 aliphatic heterocycles. The minimum absolute atomic E-state index is 0.00921. The van der Waals surface area contributed by atoms with Gasteiger partial charge in [0.25, 0.3) is 5.91 Å². The number of piperidine rings is 1. The lowest BCUT2D eigenvalue weighted by atomic mass is 10.0. The van der Waals surface area contributed by atoms with Gasteiger partial charge in [-0.1, -0.05) is 5.16 Å². The highest BCUT2D eigenvalue weighted by Gasteiger charge is 2.41. The molecule has 0 atom stereocenters. The van der Waals surface area contributed by atoms with E-state index in [2.05, 4.69) is 5.16 Å². The van der Waals surface area contributed by atoms with E-state index in [4.69, 9.17) is 9.26 Å². The fraction of sp³-hybridized carbons (Fsp3) is 0.560. The largest absolute Gasteiger partial charge is 0.444 e. The first-order valence-electron chi connectivity index (χ1n) is 11.8. The van der Waals surface area contributed by atoms with Crippen molar-refractivity contribution in [3.05, 3.63) is 35.8 Å². The number of ether oxygens (including phenoxy) is 1. The fourth-order valence-electron chi connectivity index (χ4n) is 4.25. The first-order chi connectivity index (χ1) is 16.0. The molecule has 1 aromatic carbocycles. The number of likely N-dealkylation sites (tertiary alicyclic amines) is 1. The van der Waals surface area contributed by atoms with Crippen molar-refractivity contribution in [2.24, 2.45) is 0 Å². The predicted molar refractivity (Wildman–Crippen MR) is 126 cm³/mol. The van der Waals surface area contributed by atoms with Crippen LogP contribution >= 0.6 is 0 Å². The van der Waals surface area contributed by atoms with Crippen molar-refractivity contribution in [2.45, 2.75) is 64.1 Å². The summed E-state index contributed by atoms with van der Waals surface area (Å²) in [6.07, 6.45) is 2.92. The molecule has 9 heteroatoms. The number of halogens is 1. The molecule has 2 fully saturated rings. The summed E-state index contributed by atoms with van der Waals surface area (Å²) in [5.41, 5.74) is 0.629. The Bertz CT molecular complexity index is 1050. The summed E-state index contributed by atoms with van der Waals surface area (Å²) in [5, 5.41) is 3.97. The zero-order chi connectivity index (χ0) is 24.6. The van der Waals surface area contributed by atoms with Crippen LogP contribution in [0.5, 0.6) is 0 Å². The highest BCUT2D eigenvalue weighted by atomic mass is 19.1. The number of aromatic nitrogens is 1. The Balaban J connectivity index is 1.45. The number of carbonyl (C=O) groups is 2. The maximum atomic E-state index is 14.6. The second kappa shape index (κ2) is 9.27. The number of rotatable bonds is 5. The van der Waals surface area contributed by atoms with Crippen molar-refractivity contribution in [1.82, 2.24) is 15.0 Å². The van der Waals surface area contributed by atoms with Crippen LogP contribution in [0.25, 0.3) is 11.3 Å². The number of carbonyl (C=O) groups excluding carboxylic acids is 2. The quantitative estimate of drug-likeness (QED) is 0.635. The molecule has 2 aliphatic rings. The number of amides is 2. The van der Waals surface area contributed by atoms with Gasteiger partial charge in [0.2, 0.25) is 0 Å². The lowest BCUT2D eigenvalue weighted by molar-refractivity contribution is 0.0141. The molecule has 4 rings (SSSR count). The normalized spacial score (nSPS) is 16.9. The molecule has 1 aromatic heterocycles. The molecule has 0 N–H and O–H groups in total. The van der Waals surface area contributed by atoms with Gasteiger partial charge in [0, 0.05) is 51.0 Å². The molecule has 8 nitrogen and oxygen atoms in total. The summed E-state index contributed by atoms with van der Waals surface area (Å²) in [5.74, 6) is -0.421. The third-order valence-electron chi connectivity index (χ3n) is 6.15. The molecule has 184 valence electrons. The summed E-state index contributed by atoms with van der Waals surface area (Å²) in [6, 6.07) is 6.54. The van der Waals surface area contributed by atoms with Crippen LogP contribution in [0.2, 0.25) is 0 Å². The molecule has 1 saturated heterocycles. The van der Waals surface area contributed by atoms with E-state index < -0.39 is 11.4 Å². The van der Waals surface area contributed by atoms with Crippen molar-refractivity contribution in [3.8, 4) is 11.3 Å². The smallest absolute Gasteiger partial charge is 0.410 e. The van der Waals surface area contributed by atoms with Crippen LogP contribution in [0.3, 0.4) is 0 Å². The Labute approximate surface area is 199 Å². The van der Waals surface area contributed by atoms with E-state index in [-0.39, 0.29) is 41.1 Å².